The van der Waals surface area contributed by atoms with E-state index in [2.05, 4.69) is 46.0 Å². The van der Waals surface area contributed by atoms with E-state index >= 15 is 0 Å². The first-order valence-corrected chi connectivity index (χ1v) is 9.37. The molecule has 8 heteroatoms. The van der Waals surface area contributed by atoms with Gasteiger partial charge in [0.25, 0.3) is 0 Å². The van der Waals surface area contributed by atoms with Crippen molar-refractivity contribution < 1.29 is 4.79 Å². The Hall–Kier alpha value is -2.22. The highest BCUT2D eigenvalue weighted by Gasteiger charge is 2.22. The van der Waals surface area contributed by atoms with Gasteiger partial charge in [0, 0.05) is 44.0 Å². The van der Waals surface area contributed by atoms with Crippen LogP contribution in [0.2, 0.25) is 0 Å². The summed E-state index contributed by atoms with van der Waals surface area (Å²) in [4.78, 5) is 29.6. The van der Waals surface area contributed by atoms with Crippen LogP contribution in [0.5, 0.6) is 0 Å². The maximum Gasteiger partial charge on any atom is 0.230 e. The van der Waals surface area contributed by atoms with Gasteiger partial charge in [-0.1, -0.05) is 20.8 Å². The van der Waals surface area contributed by atoms with Gasteiger partial charge < -0.3 is 15.1 Å². The number of amides is 1. The van der Waals surface area contributed by atoms with Gasteiger partial charge in [0.15, 0.2) is 0 Å². The van der Waals surface area contributed by atoms with Crippen molar-refractivity contribution in [2.24, 2.45) is 5.41 Å². The quantitative estimate of drug-likeness (QED) is 0.825. The van der Waals surface area contributed by atoms with Crippen LogP contribution >= 0.6 is 15.9 Å². The van der Waals surface area contributed by atoms with Crippen LogP contribution in [0.1, 0.15) is 20.8 Å². The topological polar surface area (TPSA) is 74.2 Å². The molecule has 7 nitrogen and oxygen atoms in total. The highest BCUT2D eigenvalue weighted by Crippen LogP contribution is 2.21. The molecule has 3 heterocycles. The lowest BCUT2D eigenvalue weighted by atomic mass is 9.96. The first-order valence-electron chi connectivity index (χ1n) is 8.58. The van der Waals surface area contributed by atoms with Crippen LogP contribution in [-0.4, -0.2) is 47.0 Å². The zero-order valence-electron chi connectivity index (χ0n) is 15.2. The van der Waals surface area contributed by atoms with Gasteiger partial charge in [-0.3, -0.25) is 4.79 Å². The van der Waals surface area contributed by atoms with Crippen molar-refractivity contribution in [2.75, 3.05) is 41.3 Å². The second kappa shape index (κ2) is 7.57. The number of anilines is 3. The van der Waals surface area contributed by atoms with Crippen molar-refractivity contribution in [1.82, 2.24) is 15.0 Å². The summed E-state index contributed by atoms with van der Waals surface area (Å²) in [5.74, 6) is 1.29. The van der Waals surface area contributed by atoms with Crippen molar-refractivity contribution in [3.8, 4) is 0 Å². The molecule has 0 aliphatic carbocycles. The molecule has 26 heavy (non-hydrogen) atoms. The van der Waals surface area contributed by atoms with Crippen molar-refractivity contribution in [2.45, 2.75) is 20.8 Å². The number of hydrogen-bond acceptors (Lipinski definition) is 6. The van der Waals surface area contributed by atoms with Crippen molar-refractivity contribution in [3.63, 3.8) is 0 Å². The molecular formula is C18H23BrN6O. The number of nitrogens with one attached hydrogen (secondary N) is 1. The van der Waals surface area contributed by atoms with Crippen LogP contribution in [0, 0.1) is 5.41 Å². The minimum atomic E-state index is -0.439. The van der Waals surface area contributed by atoms with E-state index in [1.54, 1.807) is 12.4 Å². The molecule has 1 N–H and O–H groups in total. The van der Waals surface area contributed by atoms with E-state index in [0.29, 0.717) is 5.82 Å². The van der Waals surface area contributed by atoms with Crippen molar-refractivity contribution in [3.05, 3.63) is 35.2 Å². The third-order valence-electron chi connectivity index (χ3n) is 4.21. The fourth-order valence-corrected chi connectivity index (χ4v) is 2.79. The van der Waals surface area contributed by atoms with Crippen LogP contribution in [0.25, 0.3) is 0 Å². The second-order valence-corrected chi connectivity index (χ2v) is 8.20. The number of rotatable bonds is 3. The van der Waals surface area contributed by atoms with Crippen molar-refractivity contribution >= 4 is 39.3 Å². The van der Waals surface area contributed by atoms with Gasteiger partial charge in [-0.25, -0.2) is 15.0 Å². The van der Waals surface area contributed by atoms with Crippen LogP contribution in [0.15, 0.2) is 35.2 Å². The predicted octanol–water partition coefficient (Wildman–Crippen LogP) is 2.95. The Balaban J connectivity index is 1.58. The summed E-state index contributed by atoms with van der Waals surface area (Å²) in [6, 6.07) is 3.85. The minimum absolute atomic E-state index is 0.0409. The summed E-state index contributed by atoms with van der Waals surface area (Å²) in [5.41, 5.74) is 0.612. The Labute approximate surface area is 162 Å². The molecule has 138 valence electrons. The highest BCUT2D eigenvalue weighted by atomic mass is 79.9. The maximum atomic E-state index is 12.0. The second-order valence-electron chi connectivity index (χ2n) is 7.28. The van der Waals surface area contributed by atoms with Crippen LogP contribution in [0.4, 0.5) is 17.5 Å². The van der Waals surface area contributed by atoms with Gasteiger partial charge in [-0.15, -0.1) is 0 Å². The summed E-state index contributed by atoms with van der Waals surface area (Å²) in [6.07, 6.45) is 5.34. The van der Waals surface area contributed by atoms with Gasteiger partial charge >= 0.3 is 0 Å². The zero-order valence-corrected chi connectivity index (χ0v) is 16.8. The molecule has 0 aromatic carbocycles. The first kappa shape index (κ1) is 18.6. The SMILES string of the molecule is CC(C)(C)C(=O)Nc1ccc(N2CCN(c3ncc(Br)cn3)CC2)cn1. The molecule has 1 aliphatic rings. The van der Waals surface area contributed by atoms with E-state index in [1.165, 1.54) is 0 Å². The number of halogens is 1. The zero-order chi connectivity index (χ0) is 18.7. The van der Waals surface area contributed by atoms with Crippen LogP contribution in [0.3, 0.4) is 0 Å². The first-order chi connectivity index (χ1) is 12.3. The standard InChI is InChI=1S/C18H23BrN6O/c1-18(2,3)16(26)23-15-5-4-14(12-20-15)24-6-8-25(9-7-24)17-21-10-13(19)11-22-17/h4-5,10-12H,6-9H2,1-3H3,(H,20,23,26). The number of nitrogens with zero attached hydrogens (tertiary/aromatic N) is 5. The van der Waals surface area contributed by atoms with E-state index in [1.807, 2.05) is 39.1 Å². The molecule has 1 aliphatic heterocycles. The molecule has 0 bridgehead atoms. The molecule has 1 fully saturated rings. The summed E-state index contributed by atoms with van der Waals surface area (Å²) in [6.45, 7) is 9.08. The summed E-state index contributed by atoms with van der Waals surface area (Å²) in [7, 11) is 0. The molecule has 0 atom stereocenters. The molecule has 1 amide bonds. The number of aromatic nitrogens is 3. The highest BCUT2D eigenvalue weighted by molar-refractivity contribution is 9.10. The Morgan fingerprint density at radius 3 is 2.15 bits per heavy atom. The van der Waals surface area contributed by atoms with Crippen molar-refractivity contribution in [1.29, 1.82) is 0 Å². The number of carbonyl (C=O) groups is 1. The van der Waals surface area contributed by atoms with Crippen LogP contribution in [-0.2, 0) is 4.79 Å². The number of hydrogen-bond donors (Lipinski definition) is 1. The Bertz CT molecular complexity index is 749. The van der Waals surface area contributed by atoms with E-state index in [9.17, 15) is 4.79 Å². The Morgan fingerprint density at radius 1 is 1.00 bits per heavy atom. The molecule has 1 saturated heterocycles. The van der Waals surface area contributed by atoms with Crippen LogP contribution < -0.4 is 15.1 Å². The average molecular weight is 419 g/mol. The van der Waals surface area contributed by atoms with E-state index in [-0.39, 0.29) is 5.91 Å². The van der Waals surface area contributed by atoms with E-state index in [0.717, 1.165) is 42.3 Å². The third kappa shape index (κ3) is 4.49. The molecule has 0 radical (unpaired) electrons. The third-order valence-corrected chi connectivity index (χ3v) is 4.61. The van der Waals surface area contributed by atoms with Gasteiger partial charge in [-0.05, 0) is 28.1 Å². The molecular weight excluding hydrogens is 396 g/mol. The molecule has 3 rings (SSSR count). The molecule has 0 unspecified atom stereocenters. The van der Waals surface area contributed by atoms with Gasteiger partial charge in [-0.2, -0.15) is 0 Å². The maximum absolute atomic E-state index is 12.0. The lowest BCUT2D eigenvalue weighted by Gasteiger charge is -2.35. The molecule has 0 saturated carbocycles. The lowest BCUT2D eigenvalue weighted by molar-refractivity contribution is -0.123. The fourth-order valence-electron chi connectivity index (χ4n) is 2.58. The Morgan fingerprint density at radius 2 is 1.62 bits per heavy atom. The van der Waals surface area contributed by atoms with E-state index < -0.39 is 5.41 Å². The monoisotopic (exact) mass is 418 g/mol. The van der Waals surface area contributed by atoms with E-state index in [4.69, 9.17) is 0 Å². The number of pyridine rings is 1. The fraction of sp³-hybridized carbons (Fsp3) is 0.444. The van der Waals surface area contributed by atoms with Gasteiger partial charge in [0.2, 0.25) is 11.9 Å². The van der Waals surface area contributed by atoms with Gasteiger partial charge in [0.1, 0.15) is 5.82 Å². The van der Waals surface area contributed by atoms with Gasteiger partial charge in [0.05, 0.1) is 16.4 Å². The normalized spacial score (nSPS) is 15.1. The minimum Gasteiger partial charge on any atom is -0.367 e. The number of carbonyl (C=O) groups excluding carboxylic acids is 1. The summed E-state index contributed by atoms with van der Waals surface area (Å²) in [5, 5.41) is 2.85. The molecule has 2 aromatic rings. The molecule has 2 aromatic heterocycles. The smallest absolute Gasteiger partial charge is 0.230 e. The average Bonchev–Trinajstić information content (AvgIpc) is 2.62. The Kier molecular flexibility index (Phi) is 5.41. The largest absolute Gasteiger partial charge is 0.367 e. The number of piperazine rings is 1. The lowest BCUT2D eigenvalue weighted by Crippen LogP contribution is -2.47. The molecule has 0 spiro atoms. The summed E-state index contributed by atoms with van der Waals surface area (Å²) >= 11 is 3.36. The summed E-state index contributed by atoms with van der Waals surface area (Å²) < 4.78 is 0.879. The predicted molar refractivity (Wildman–Crippen MR) is 106 cm³/mol.